The van der Waals surface area contributed by atoms with Gasteiger partial charge in [-0.15, -0.1) is 5.10 Å². The summed E-state index contributed by atoms with van der Waals surface area (Å²) < 4.78 is 26.0. The Morgan fingerprint density at radius 3 is 2.60 bits per heavy atom. The Kier molecular flexibility index (Phi) is 7.12. The lowest BCUT2D eigenvalue weighted by Crippen LogP contribution is -2.26. The normalized spacial score (nSPS) is 13.2. The van der Waals surface area contributed by atoms with Crippen LogP contribution in [-0.4, -0.2) is 49.4 Å². The molecule has 0 unspecified atom stereocenters. The number of amides is 1. The first-order chi connectivity index (χ1) is 16.8. The number of nitrogens with one attached hydrogen (secondary N) is 3. The highest BCUT2D eigenvalue weighted by atomic mass is 32.2. The smallest absolute Gasteiger partial charge is 0.278 e. The highest BCUT2D eigenvalue weighted by Gasteiger charge is 2.26. The largest absolute Gasteiger partial charge is 0.353 e. The van der Waals surface area contributed by atoms with Crippen molar-refractivity contribution in [2.75, 3.05) is 34.8 Å². The van der Waals surface area contributed by atoms with Crippen LogP contribution in [-0.2, 0) is 14.9 Å². The van der Waals surface area contributed by atoms with Crippen molar-refractivity contribution in [2.45, 2.75) is 25.7 Å². The van der Waals surface area contributed by atoms with E-state index in [2.05, 4.69) is 31.3 Å². The lowest BCUT2D eigenvalue weighted by Gasteiger charge is -2.23. The quantitative estimate of drug-likeness (QED) is 0.360. The summed E-state index contributed by atoms with van der Waals surface area (Å²) in [5.41, 5.74) is 5.05. The Bertz CT molecular complexity index is 1310. The summed E-state index contributed by atoms with van der Waals surface area (Å²) in [5, 5.41) is 14.1. The molecular weight excluding hydrogens is 470 g/mol. The number of carbonyl (C=O) groups excluding carboxylic acids is 1. The van der Waals surface area contributed by atoms with Crippen LogP contribution in [0.4, 0.5) is 28.7 Å². The maximum atomic E-state index is 12.7. The Hall–Kier alpha value is -3.77. The van der Waals surface area contributed by atoms with Crippen LogP contribution in [0.2, 0.25) is 0 Å². The van der Waals surface area contributed by atoms with E-state index in [-0.39, 0.29) is 5.56 Å². The Labute approximate surface area is 203 Å². The molecule has 0 radical (unpaired) electrons. The summed E-state index contributed by atoms with van der Waals surface area (Å²) in [5.74, 6) is 0.824. The van der Waals surface area contributed by atoms with Gasteiger partial charge < -0.3 is 10.6 Å². The maximum Gasteiger partial charge on any atom is 0.278 e. The van der Waals surface area contributed by atoms with E-state index >= 15 is 0 Å². The van der Waals surface area contributed by atoms with Gasteiger partial charge in [-0.1, -0.05) is 6.07 Å². The number of hydrogen-bond donors (Lipinski definition) is 3. The monoisotopic (exact) mass is 497 g/mol. The van der Waals surface area contributed by atoms with Crippen LogP contribution >= 0.6 is 0 Å². The van der Waals surface area contributed by atoms with E-state index in [1.807, 2.05) is 18.2 Å². The predicted molar refractivity (Wildman–Crippen MR) is 134 cm³/mol. The van der Waals surface area contributed by atoms with Gasteiger partial charge in [0.15, 0.2) is 5.82 Å². The van der Waals surface area contributed by atoms with E-state index in [1.165, 1.54) is 17.5 Å². The molecule has 11 nitrogen and oxygen atoms in total. The van der Waals surface area contributed by atoms with Gasteiger partial charge in [0, 0.05) is 25.5 Å². The minimum Gasteiger partial charge on any atom is -0.353 e. The number of hydroxylamine groups is 1. The third-order valence-corrected chi connectivity index (χ3v) is 6.65. The molecule has 1 aliphatic carbocycles. The zero-order chi connectivity index (χ0) is 25.0. The molecule has 184 valence electrons. The summed E-state index contributed by atoms with van der Waals surface area (Å²) in [6, 6.07) is 10.8. The number of benzene rings is 1. The van der Waals surface area contributed by atoms with Gasteiger partial charge in [0.2, 0.25) is 10.0 Å². The van der Waals surface area contributed by atoms with Crippen LogP contribution in [0.1, 0.15) is 41.6 Å². The van der Waals surface area contributed by atoms with Crippen molar-refractivity contribution >= 4 is 44.6 Å². The zero-order valence-electron chi connectivity index (χ0n) is 19.6. The van der Waals surface area contributed by atoms with Gasteiger partial charge in [-0.3, -0.25) is 13.9 Å². The maximum absolute atomic E-state index is 12.7. The molecule has 2 heterocycles. The fraction of sp³-hybridized carbons (Fsp3) is 0.304. The topological polar surface area (TPSA) is 138 Å². The second-order valence-electron chi connectivity index (χ2n) is 8.12. The van der Waals surface area contributed by atoms with Crippen LogP contribution in [0, 0.1) is 0 Å². The molecule has 0 spiro atoms. The van der Waals surface area contributed by atoms with E-state index < -0.39 is 15.9 Å². The van der Waals surface area contributed by atoms with E-state index in [1.54, 1.807) is 31.3 Å². The van der Waals surface area contributed by atoms with Gasteiger partial charge in [-0.25, -0.2) is 18.9 Å². The predicted octanol–water partition coefficient (Wildman–Crippen LogP) is 3.31. The van der Waals surface area contributed by atoms with Gasteiger partial charge in [-0.05, 0) is 55.5 Å². The molecule has 0 atom stereocenters. The van der Waals surface area contributed by atoms with Gasteiger partial charge in [-0.2, -0.15) is 5.10 Å². The highest BCUT2D eigenvalue weighted by Crippen LogP contribution is 2.43. The molecule has 0 saturated heterocycles. The third-order valence-electron chi connectivity index (χ3n) is 5.46. The van der Waals surface area contributed by atoms with Crippen molar-refractivity contribution in [3.05, 3.63) is 59.9 Å². The fourth-order valence-electron chi connectivity index (χ4n) is 3.41. The molecule has 1 aromatic carbocycles. The third kappa shape index (κ3) is 6.03. The van der Waals surface area contributed by atoms with Crippen LogP contribution in [0.5, 0.6) is 0 Å². The summed E-state index contributed by atoms with van der Waals surface area (Å²) >= 11 is 0. The molecule has 4 rings (SSSR count). The summed E-state index contributed by atoms with van der Waals surface area (Å²) in [6.07, 6.45) is 6.26. The molecule has 3 aromatic rings. The number of carbonyl (C=O) groups is 1. The molecule has 1 aliphatic rings. The van der Waals surface area contributed by atoms with Crippen LogP contribution in [0.3, 0.4) is 0 Å². The van der Waals surface area contributed by atoms with E-state index in [0.717, 1.165) is 24.7 Å². The van der Waals surface area contributed by atoms with Crippen molar-refractivity contribution in [1.82, 2.24) is 20.7 Å². The van der Waals surface area contributed by atoms with Crippen LogP contribution in [0.15, 0.2) is 48.8 Å². The molecule has 1 amide bonds. The number of nitrogens with zero attached hydrogens (tertiary/aromatic N) is 4. The van der Waals surface area contributed by atoms with E-state index in [4.69, 9.17) is 4.84 Å². The summed E-state index contributed by atoms with van der Waals surface area (Å²) in [6.45, 7) is 2.04. The van der Waals surface area contributed by atoms with Crippen molar-refractivity contribution in [1.29, 1.82) is 0 Å². The molecule has 2 aromatic heterocycles. The van der Waals surface area contributed by atoms with Crippen molar-refractivity contribution < 1.29 is 18.0 Å². The first-order valence-electron chi connectivity index (χ1n) is 11.1. The molecule has 35 heavy (non-hydrogen) atoms. The second-order valence-corrected chi connectivity index (χ2v) is 10.1. The SMILES string of the molecule is CCONC(=O)c1cnc(Nc2cccnn2)cc1Nc1ccc(C2CC2)cc1N(C)S(C)(=O)=O. The number of hydrogen-bond acceptors (Lipinski definition) is 9. The van der Waals surface area contributed by atoms with Gasteiger partial charge in [0.25, 0.3) is 5.91 Å². The standard InChI is InChI=1S/C23H27N7O4S/c1-4-34-29-23(31)17-14-24-22(27-21-6-5-11-25-28-21)13-19(17)26-18-10-9-16(15-7-8-15)12-20(18)30(2)35(3,32)33/h5-6,9-15H,4,7-8H2,1-3H3,(H,29,31)(H2,24,26,27,28). The molecule has 1 fully saturated rings. The van der Waals surface area contributed by atoms with Gasteiger partial charge in [0.1, 0.15) is 5.82 Å². The molecule has 0 bridgehead atoms. The number of rotatable bonds is 10. The number of anilines is 5. The number of sulfonamides is 1. The summed E-state index contributed by atoms with van der Waals surface area (Å²) in [7, 11) is -2.02. The minimum atomic E-state index is -3.53. The first kappa shape index (κ1) is 24.4. The van der Waals surface area contributed by atoms with Crippen molar-refractivity contribution in [3.63, 3.8) is 0 Å². The van der Waals surface area contributed by atoms with E-state index in [9.17, 15) is 13.2 Å². The van der Waals surface area contributed by atoms with Crippen molar-refractivity contribution in [2.24, 2.45) is 0 Å². The molecule has 12 heteroatoms. The second kappa shape index (κ2) is 10.2. The zero-order valence-corrected chi connectivity index (χ0v) is 20.5. The van der Waals surface area contributed by atoms with Crippen LogP contribution in [0.25, 0.3) is 0 Å². The van der Waals surface area contributed by atoms with Gasteiger partial charge >= 0.3 is 0 Å². The number of pyridine rings is 1. The summed E-state index contributed by atoms with van der Waals surface area (Å²) in [4.78, 5) is 22.1. The molecular formula is C23H27N7O4S. The molecule has 1 saturated carbocycles. The molecule has 0 aliphatic heterocycles. The molecule has 3 N–H and O–H groups in total. The lowest BCUT2D eigenvalue weighted by molar-refractivity contribution is 0.0365. The number of aromatic nitrogens is 3. The minimum absolute atomic E-state index is 0.211. The fourth-order valence-corrected chi connectivity index (χ4v) is 3.92. The lowest BCUT2D eigenvalue weighted by atomic mass is 10.1. The first-order valence-corrected chi connectivity index (χ1v) is 12.9. The average molecular weight is 498 g/mol. The Balaban J connectivity index is 1.74. The van der Waals surface area contributed by atoms with Crippen LogP contribution < -0.4 is 20.4 Å². The Morgan fingerprint density at radius 1 is 1.14 bits per heavy atom. The van der Waals surface area contributed by atoms with E-state index in [0.29, 0.717) is 41.2 Å². The Morgan fingerprint density at radius 2 is 1.94 bits per heavy atom. The van der Waals surface area contributed by atoms with Crippen molar-refractivity contribution in [3.8, 4) is 0 Å². The van der Waals surface area contributed by atoms with Gasteiger partial charge in [0.05, 0.1) is 35.5 Å². The highest BCUT2D eigenvalue weighted by molar-refractivity contribution is 7.92. The average Bonchev–Trinajstić information content (AvgIpc) is 3.68.